The fourth-order valence-electron chi connectivity index (χ4n) is 1.39. The van der Waals surface area contributed by atoms with E-state index in [1.165, 1.54) is 0 Å². The Labute approximate surface area is 107 Å². The molecule has 0 fully saturated rings. The summed E-state index contributed by atoms with van der Waals surface area (Å²) in [5.74, 6) is 0.603. The van der Waals surface area contributed by atoms with E-state index in [-0.39, 0.29) is 6.10 Å². The number of allylic oxidation sites excluding steroid dienone is 2. The van der Waals surface area contributed by atoms with Crippen LogP contribution in [0.4, 0.5) is 0 Å². The van der Waals surface area contributed by atoms with Crippen LogP contribution in [0, 0.1) is 5.92 Å². The molecule has 0 rings (SSSR count). The number of rotatable bonds is 10. The standard InChI is InChI=1S/C15H29NO/c1-7-13(4)8-9-14(5)16-10-15(6)17-11-12(2)3/h7,12,14-16H,1,4,8-11H2,2-3,5-6H3. The van der Waals surface area contributed by atoms with E-state index in [1.54, 1.807) is 0 Å². The van der Waals surface area contributed by atoms with Crippen molar-refractivity contribution < 1.29 is 4.74 Å². The van der Waals surface area contributed by atoms with Crippen molar-refractivity contribution in [2.75, 3.05) is 13.2 Å². The number of ether oxygens (including phenoxy) is 1. The minimum absolute atomic E-state index is 0.280. The molecule has 2 atom stereocenters. The van der Waals surface area contributed by atoms with Crippen molar-refractivity contribution in [3.05, 3.63) is 24.8 Å². The molecule has 0 saturated heterocycles. The van der Waals surface area contributed by atoms with Gasteiger partial charge in [0, 0.05) is 19.2 Å². The molecule has 0 heterocycles. The molecule has 2 nitrogen and oxygen atoms in total. The van der Waals surface area contributed by atoms with Crippen molar-refractivity contribution in [2.45, 2.75) is 52.7 Å². The largest absolute Gasteiger partial charge is 0.377 e. The predicted octanol–water partition coefficient (Wildman–Crippen LogP) is 3.55. The zero-order valence-electron chi connectivity index (χ0n) is 12.0. The molecule has 2 unspecified atom stereocenters. The average Bonchev–Trinajstić information content (AvgIpc) is 2.30. The molecule has 0 aromatic heterocycles. The minimum atomic E-state index is 0.280. The number of nitrogens with one attached hydrogen (secondary N) is 1. The molecule has 17 heavy (non-hydrogen) atoms. The molecule has 0 bridgehead atoms. The van der Waals surface area contributed by atoms with Gasteiger partial charge in [-0.25, -0.2) is 0 Å². The molecule has 0 amide bonds. The summed E-state index contributed by atoms with van der Waals surface area (Å²) in [7, 11) is 0. The molecule has 0 radical (unpaired) electrons. The van der Waals surface area contributed by atoms with E-state index < -0.39 is 0 Å². The molecule has 0 aliphatic rings. The van der Waals surface area contributed by atoms with Crippen LogP contribution in [0.2, 0.25) is 0 Å². The first-order valence-corrected chi connectivity index (χ1v) is 6.60. The Morgan fingerprint density at radius 3 is 2.47 bits per heavy atom. The highest BCUT2D eigenvalue weighted by molar-refractivity contribution is 5.10. The molecule has 1 N–H and O–H groups in total. The highest BCUT2D eigenvalue weighted by atomic mass is 16.5. The van der Waals surface area contributed by atoms with E-state index in [1.807, 2.05) is 6.08 Å². The van der Waals surface area contributed by atoms with Gasteiger partial charge < -0.3 is 10.1 Å². The molecule has 0 aliphatic carbocycles. The van der Waals surface area contributed by atoms with E-state index >= 15 is 0 Å². The Kier molecular flexibility index (Phi) is 9.10. The van der Waals surface area contributed by atoms with Gasteiger partial charge in [0.1, 0.15) is 0 Å². The van der Waals surface area contributed by atoms with Gasteiger partial charge in [-0.3, -0.25) is 0 Å². The van der Waals surface area contributed by atoms with Crippen LogP contribution in [-0.2, 0) is 4.74 Å². The smallest absolute Gasteiger partial charge is 0.0671 e. The first-order valence-electron chi connectivity index (χ1n) is 6.60. The van der Waals surface area contributed by atoms with Gasteiger partial charge >= 0.3 is 0 Å². The van der Waals surface area contributed by atoms with Crippen molar-refractivity contribution in [2.24, 2.45) is 5.92 Å². The Morgan fingerprint density at radius 2 is 1.94 bits per heavy atom. The summed E-state index contributed by atoms with van der Waals surface area (Å²) < 4.78 is 5.70. The van der Waals surface area contributed by atoms with Gasteiger partial charge in [-0.05, 0) is 32.6 Å². The molecule has 0 saturated carbocycles. The van der Waals surface area contributed by atoms with Gasteiger partial charge in [-0.2, -0.15) is 0 Å². The summed E-state index contributed by atoms with van der Waals surface area (Å²) in [6.45, 7) is 18.0. The number of hydrogen-bond donors (Lipinski definition) is 1. The molecule has 0 aliphatic heterocycles. The van der Waals surface area contributed by atoms with Crippen molar-refractivity contribution in [1.82, 2.24) is 5.32 Å². The normalized spacial score (nSPS) is 14.6. The second-order valence-corrected chi connectivity index (χ2v) is 5.25. The third-order valence-electron chi connectivity index (χ3n) is 2.65. The predicted molar refractivity (Wildman–Crippen MR) is 76.3 cm³/mol. The summed E-state index contributed by atoms with van der Waals surface area (Å²) in [6, 6.07) is 0.497. The Bertz CT molecular complexity index is 223. The lowest BCUT2D eigenvalue weighted by atomic mass is 10.1. The van der Waals surface area contributed by atoms with Gasteiger partial charge in [0.15, 0.2) is 0 Å². The lowest BCUT2D eigenvalue weighted by Gasteiger charge is -2.19. The lowest BCUT2D eigenvalue weighted by molar-refractivity contribution is 0.0462. The van der Waals surface area contributed by atoms with Crippen LogP contribution >= 0.6 is 0 Å². The zero-order chi connectivity index (χ0) is 13.3. The van der Waals surface area contributed by atoms with Crippen LogP contribution < -0.4 is 5.32 Å². The minimum Gasteiger partial charge on any atom is -0.377 e. The molecule has 0 spiro atoms. The summed E-state index contributed by atoms with van der Waals surface area (Å²) in [4.78, 5) is 0. The molecular weight excluding hydrogens is 210 g/mol. The molecular formula is C15H29NO. The van der Waals surface area contributed by atoms with E-state index in [0.717, 1.165) is 31.6 Å². The fourth-order valence-corrected chi connectivity index (χ4v) is 1.39. The highest BCUT2D eigenvalue weighted by Crippen LogP contribution is 2.06. The third kappa shape index (κ3) is 10.3. The maximum absolute atomic E-state index is 5.70. The number of hydrogen-bond acceptors (Lipinski definition) is 2. The Balaban J connectivity index is 3.58. The molecule has 0 aromatic rings. The van der Waals surface area contributed by atoms with Gasteiger partial charge in [-0.1, -0.05) is 38.7 Å². The average molecular weight is 239 g/mol. The van der Waals surface area contributed by atoms with Crippen LogP contribution in [0.5, 0.6) is 0 Å². The van der Waals surface area contributed by atoms with Gasteiger partial charge in [0.25, 0.3) is 0 Å². The third-order valence-corrected chi connectivity index (χ3v) is 2.65. The monoisotopic (exact) mass is 239 g/mol. The van der Waals surface area contributed by atoms with Crippen LogP contribution in [0.3, 0.4) is 0 Å². The van der Waals surface area contributed by atoms with E-state index in [4.69, 9.17) is 4.74 Å². The van der Waals surface area contributed by atoms with E-state index in [9.17, 15) is 0 Å². The topological polar surface area (TPSA) is 21.3 Å². The van der Waals surface area contributed by atoms with E-state index in [2.05, 4.69) is 46.2 Å². The highest BCUT2D eigenvalue weighted by Gasteiger charge is 2.06. The summed E-state index contributed by atoms with van der Waals surface area (Å²) in [6.07, 6.45) is 4.23. The van der Waals surface area contributed by atoms with Gasteiger partial charge in [-0.15, -0.1) is 0 Å². The quantitative estimate of drug-likeness (QED) is 0.589. The summed E-state index contributed by atoms with van der Waals surface area (Å²) >= 11 is 0. The first kappa shape index (κ1) is 16.4. The van der Waals surface area contributed by atoms with Crippen LogP contribution in [0.25, 0.3) is 0 Å². The second kappa shape index (κ2) is 9.43. The fraction of sp³-hybridized carbons (Fsp3) is 0.733. The van der Waals surface area contributed by atoms with Crippen molar-refractivity contribution >= 4 is 0 Å². The maximum atomic E-state index is 5.70. The van der Waals surface area contributed by atoms with Crippen molar-refractivity contribution in [3.63, 3.8) is 0 Å². The van der Waals surface area contributed by atoms with Gasteiger partial charge in [0.2, 0.25) is 0 Å². The van der Waals surface area contributed by atoms with E-state index in [0.29, 0.717) is 12.0 Å². The SMILES string of the molecule is C=CC(=C)CCC(C)NCC(C)OCC(C)C. The maximum Gasteiger partial charge on any atom is 0.0671 e. The first-order chi connectivity index (χ1) is 7.95. The molecule has 2 heteroatoms. The van der Waals surface area contributed by atoms with Crippen LogP contribution in [0.1, 0.15) is 40.5 Å². The van der Waals surface area contributed by atoms with Crippen LogP contribution in [0.15, 0.2) is 24.8 Å². The Morgan fingerprint density at radius 1 is 1.29 bits per heavy atom. The lowest BCUT2D eigenvalue weighted by Crippen LogP contribution is -2.34. The molecule has 0 aromatic carbocycles. The second-order valence-electron chi connectivity index (χ2n) is 5.25. The van der Waals surface area contributed by atoms with Gasteiger partial charge in [0.05, 0.1) is 6.10 Å². The van der Waals surface area contributed by atoms with Crippen molar-refractivity contribution in [1.29, 1.82) is 0 Å². The Hall–Kier alpha value is -0.600. The zero-order valence-corrected chi connectivity index (χ0v) is 12.0. The summed E-state index contributed by atoms with van der Waals surface area (Å²) in [5.41, 5.74) is 1.11. The van der Waals surface area contributed by atoms with Crippen LogP contribution in [-0.4, -0.2) is 25.3 Å². The van der Waals surface area contributed by atoms with Crippen molar-refractivity contribution in [3.8, 4) is 0 Å². The summed E-state index contributed by atoms with van der Waals surface area (Å²) in [5, 5.41) is 3.49. The molecule has 100 valence electrons.